The highest BCUT2D eigenvalue weighted by atomic mass is 16.6. The number of allylic oxidation sites excluding steroid dienone is 14. The second kappa shape index (κ2) is 63.1. The van der Waals surface area contributed by atoms with E-state index in [-0.39, 0.29) is 31.1 Å². The number of carbonyl (C=O) groups excluding carboxylic acids is 3. The highest BCUT2D eigenvalue weighted by Gasteiger charge is 2.19. The Labute approximate surface area is 465 Å². The van der Waals surface area contributed by atoms with E-state index < -0.39 is 6.10 Å². The number of unbranched alkanes of at least 4 members (excludes halogenated alkanes) is 33. The topological polar surface area (TPSA) is 78.9 Å². The molecule has 0 aliphatic carbocycles. The molecule has 75 heavy (non-hydrogen) atoms. The van der Waals surface area contributed by atoms with E-state index in [9.17, 15) is 14.4 Å². The van der Waals surface area contributed by atoms with Crippen molar-refractivity contribution in [3.05, 3.63) is 85.1 Å². The lowest BCUT2D eigenvalue weighted by Crippen LogP contribution is -2.30. The number of hydrogen-bond donors (Lipinski definition) is 0. The second-order valence-corrected chi connectivity index (χ2v) is 21.3. The van der Waals surface area contributed by atoms with Crippen LogP contribution in [0.5, 0.6) is 0 Å². The third kappa shape index (κ3) is 61.3. The highest BCUT2D eigenvalue weighted by Crippen LogP contribution is 2.17. The first kappa shape index (κ1) is 71.6. The third-order valence-electron chi connectivity index (χ3n) is 13.9. The monoisotopic (exact) mass is 1040 g/mol. The SMILES string of the molecule is CC/C=C\C/C=C\C/C=C\C/C=C\C/C=C\C/C=C\C/C=C\CCCCCCCCCCCC(=O)OCC(COC(=O)CCCCCCCCCCCC)OC(=O)CCCCCCCCCCCCCCCCCC. The zero-order valence-corrected chi connectivity index (χ0v) is 49.6. The summed E-state index contributed by atoms with van der Waals surface area (Å²) in [6, 6.07) is 0. The average Bonchev–Trinajstić information content (AvgIpc) is 3.41. The molecular weight excluding hydrogens is 925 g/mol. The van der Waals surface area contributed by atoms with Crippen LogP contribution in [0.15, 0.2) is 85.1 Å². The van der Waals surface area contributed by atoms with E-state index in [1.807, 2.05) is 0 Å². The van der Waals surface area contributed by atoms with Gasteiger partial charge in [-0.15, -0.1) is 0 Å². The summed E-state index contributed by atoms with van der Waals surface area (Å²) in [5.41, 5.74) is 0. The van der Waals surface area contributed by atoms with Crippen LogP contribution in [-0.4, -0.2) is 37.2 Å². The van der Waals surface area contributed by atoms with Crippen LogP contribution in [-0.2, 0) is 28.6 Å². The summed E-state index contributed by atoms with van der Waals surface area (Å²) in [6.45, 7) is 6.54. The molecule has 0 aliphatic rings. The largest absolute Gasteiger partial charge is 0.462 e. The number of hydrogen-bond acceptors (Lipinski definition) is 6. The van der Waals surface area contributed by atoms with Gasteiger partial charge in [-0.3, -0.25) is 14.4 Å². The van der Waals surface area contributed by atoms with Crippen LogP contribution < -0.4 is 0 Å². The number of ether oxygens (including phenoxy) is 3. The molecule has 0 aromatic rings. The van der Waals surface area contributed by atoms with Crippen LogP contribution in [0.25, 0.3) is 0 Å². The Hall–Kier alpha value is -3.41. The molecule has 6 nitrogen and oxygen atoms in total. The van der Waals surface area contributed by atoms with Crippen LogP contribution in [0, 0.1) is 0 Å². The van der Waals surface area contributed by atoms with Crippen molar-refractivity contribution in [3.8, 4) is 0 Å². The molecule has 0 bridgehead atoms. The van der Waals surface area contributed by atoms with E-state index in [4.69, 9.17) is 14.2 Å². The normalized spacial score (nSPS) is 12.6. The van der Waals surface area contributed by atoms with Gasteiger partial charge in [0.1, 0.15) is 13.2 Å². The number of rotatable bonds is 58. The van der Waals surface area contributed by atoms with Gasteiger partial charge >= 0.3 is 17.9 Å². The van der Waals surface area contributed by atoms with Gasteiger partial charge < -0.3 is 14.2 Å². The summed E-state index contributed by atoms with van der Waals surface area (Å²) in [6.07, 6.45) is 83.1. The Morgan fingerprint density at radius 1 is 0.280 bits per heavy atom. The Morgan fingerprint density at radius 2 is 0.520 bits per heavy atom. The summed E-state index contributed by atoms with van der Waals surface area (Å²) in [5.74, 6) is -0.867. The van der Waals surface area contributed by atoms with E-state index in [2.05, 4.69) is 106 Å². The van der Waals surface area contributed by atoms with Gasteiger partial charge in [-0.25, -0.2) is 0 Å². The van der Waals surface area contributed by atoms with Gasteiger partial charge in [-0.1, -0.05) is 305 Å². The molecule has 0 aliphatic heterocycles. The molecule has 432 valence electrons. The van der Waals surface area contributed by atoms with E-state index in [1.165, 1.54) is 167 Å². The quantitative estimate of drug-likeness (QED) is 0.0261. The van der Waals surface area contributed by atoms with E-state index in [1.54, 1.807) is 0 Å². The minimum absolute atomic E-state index is 0.0731. The zero-order valence-electron chi connectivity index (χ0n) is 49.6. The average molecular weight is 1050 g/mol. The van der Waals surface area contributed by atoms with Gasteiger partial charge in [0.15, 0.2) is 6.10 Å². The lowest BCUT2D eigenvalue weighted by atomic mass is 10.0. The van der Waals surface area contributed by atoms with Crippen molar-refractivity contribution in [1.82, 2.24) is 0 Å². The fourth-order valence-electron chi connectivity index (χ4n) is 9.13. The fraction of sp³-hybridized carbons (Fsp3) is 0.754. The van der Waals surface area contributed by atoms with Gasteiger partial charge in [0.25, 0.3) is 0 Å². The lowest BCUT2D eigenvalue weighted by molar-refractivity contribution is -0.167. The van der Waals surface area contributed by atoms with E-state index in [0.29, 0.717) is 19.3 Å². The summed E-state index contributed by atoms with van der Waals surface area (Å²) < 4.78 is 16.9. The molecule has 0 saturated heterocycles. The van der Waals surface area contributed by atoms with Crippen LogP contribution in [0.2, 0.25) is 0 Å². The maximum atomic E-state index is 12.9. The van der Waals surface area contributed by atoms with Gasteiger partial charge in [0.05, 0.1) is 0 Å². The number of esters is 3. The third-order valence-corrected chi connectivity index (χ3v) is 13.9. The first-order chi connectivity index (χ1) is 37.0. The molecule has 0 N–H and O–H groups in total. The first-order valence-electron chi connectivity index (χ1n) is 32.1. The van der Waals surface area contributed by atoms with Crippen molar-refractivity contribution in [2.24, 2.45) is 0 Å². The van der Waals surface area contributed by atoms with Gasteiger partial charge in [0.2, 0.25) is 0 Å². The Kier molecular flexibility index (Phi) is 60.3. The Bertz CT molecular complexity index is 1430. The molecule has 0 fully saturated rings. The second-order valence-electron chi connectivity index (χ2n) is 21.3. The molecule has 1 atom stereocenters. The van der Waals surface area contributed by atoms with Crippen LogP contribution in [0.1, 0.15) is 316 Å². The van der Waals surface area contributed by atoms with Gasteiger partial charge in [-0.2, -0.15) is 0 Å². The van der Waals surface area contributed by atoms with Crippen LogP contribution in [0.4, 0.5) is 0 Å². The molecule has 0 rings (SSSR count). The highest BCUT2D eigenvalue weighted by molar-refractivity contribution is 5.71. The summed E-state index contributed by atoms with van der Waals surface area (Å²) in [5, 5.41) is 0. The predicted octanol–water partition coefficient (Wildman–Crippen LogP) is 21.9. The minimum atomic E-state index is -0.775. The van der Waals surface area contributed by atoms with Crippen molar-refractivity contribution in [1.29, 1.82) is 0 Å². The molecular formula is C69H120O6. The minimum Gasteiger partial charge on any atom is -0.462 e. The van der Waals surface area contributed by atoms with E-state index in [0.717, 1.165) is 109 Å². The molecule has 0 radical (unpaired) electrons. The van der Waals surface area contributed by atoms with Gasteiger partial charge in [0, 0.05) is 19.3 Å². The summed E-state index contributed by atoms with van der Waals surface area (Å²) in [4.78, 5) is 38.2. The molecule has 0 saturated carbocycles. The molecule has 6 heteroatoms. The maximum absolute atomic E-state index is 12.9. The van der Waals surface area contributed by atoms with Crippen molar-refractivity contribution in [2.75, 3.05) is 13.2 Å². The van der Waals surface area contributed by atoms with Crippen molar-refractivity contribution in [2.45, 2.75) is 322 Å². The molecule has 0 spiro atoms. The standard InChI is InChI=1S/C69H120O6/c1-4-7-10-13-16-19-22-24-26-28-29-30-31-32-33-34-35-36-37-38-39-40-41-42-44-45-47-50-53-56-59-62-68(71)74-65-66(64-73-67(70)61-58-55-52-49-21-18-15-12-9-6-3)75-69(72)63-60-57-54-51-48-46-43-27-25-23-20-17-14-11-8-5-2/h7,10,16,19,24,26,29-30,32-33,35-36,38-39,66H,4-6,8-9,11-15,17-18,20-23,25,27-28,31,34,37,40-65H2,1-3H3/b10-7-,19-16-,26-24-,30-29-,33-32-,36-35-,39-38-. The van der Waals surface area contributed by atoms with Crippen LogP contribution >= 0.6 is 0 Å². The van der Waals surface area contributed by atoms with Crippen molar-refractivity contribution >= 4 is 17.9 Å². The first-order valence-corrected chi connectivity index (χ1v) is 32.1. The molecule has 0 heterocycles. The predicted molar refractivity (Wildman–Crippen MR) is 325 cm³/mol. The molecule has 0 aromatic heterocycles. The Morgan fingerprint density at radius 3 is 0.813 bits per heavy atom. The maximum Gasteiger partial charge on any atom is 0.306 e. The summed E-state index contributed by atoms with van der Waals surface area (Å²) >= 11 is 0. The summed E-state index contributed by atoms with van der Waals surface area (Å²) in [7, 11) is 0. The Balaban J connectivity index is 4.20. The smallest absolute Gasteiger partial charge is 0.306 e. The van der Waals surface area contributed by atoms with Crippen molar-refractivity contribution < 1.29 is 28.6 Å². The van der Waals surface area contributed by atoms with E-state index >= 15 is 0 Å². The fourth-order valence-corrected chi connectivity index (χ4v) is 9.13. The molecule has 1 unspecified atom stereocenters. The zero-order chi connectivity index (χ0) is 54.3. The number of carbonyl (C=O) groups is 3. The van der Waals surface area contributed by atoms with Crippen molar-refractivity contribution in [3.63, 3.8) is 0 Å². The van der Waals surface area contributed by atoms with Crippen LogP contribution in [0.3, 0.4) is 0 Å². The lowest BCUT2D eigenvalue weighted by Gasteiger charge is -2.18. The molecule has 0 aromatic carbocycles. The van der Waals surface area contributed by atoms with Gasteiger partial charge in [-0.05, 0) is 77.0 Å². The molecule has 0 amide bonds.